The third-order valence-corrected chi connectivity index (χ3v) is 4.91. The van der Waals surface area contributed by atoms with E-state index in [4.69, 9.17) is 24.4 Å². The number of fused-ring (bicyclic) bond motifs is 2. The van der Waals surface area contributed by atoms with E-state index in [-0.39, 0.29) is 20.7 Å². The van der Waals surface area contributed by atoms with Crippen molar-refractivity contribution in [3.05, 3.63) is 42.9 Å². The predicted octanol–water partition coefficient (Wildman–Crippen LogP) is 1.57. The number of rotatable bonds is 4. The first-order valence-corrected chi connectivity index (χ1v) is 9.20. The van der Waals surface area contributed by atoms with E-state index in [9.17, 15) is 9.59 Å². The molecule has 0 saturated carbocycles. The van der Waals surface area contributed by atoms with Crippen molar-refractivity contribution in [3.8, 4) is 0 Å². The van der Waals surface area contributed by atoms with Gasteiger partial charge in [0.05, 0.1) is 0 Å². The van der Waals surface area contributed by atoms with Crippen molar-refractivity contribution in [1.82, 2.24) is 38.4 Å². The highest BCUT2D eigenvalue weighted by Gasteiger charge is 2.17. The Morgan fingerprint density at radius 2 is 1.37 bits per heavy atom. The molecule has 4 rings (SSSR count). The normalized spacial score (nSPS) is 11.6. The summed E-state index contributed by atoms with van der Waals surface area (Å²) in [5.74, 6) is 0. The molecule has 4 aromatic rings. The van der Waals surface area contributed by atoms with Gasteiger partial charge in [-0.25, -0.2) is 28.9 Å². The van der Waals surface area contributed by atoms with Crippen LogP contribution >= 0.6 is 24.4 Å². The van der Waals surface area contributed by atoms with Crippen molar-refractivity contribution in [2.45, 2.75) is 33.4 Å². The highest BCUT2D eigenvalue weighted by atomic mass is 32.1. The van der Waals surface area contributed by atoms with Gasteiger partial charge in [0.15, 0.2) is 11.3 Å². The van der Waals surface area contributed by atoms with Crippen LogP contribution in [0.25, 0.3) is 22.3 Å². The van der Waals surface area contributed by atoms with E-state index in [0.717, 1.165) is 6.42 Å². The molecular formula is C15H16N8O2S2. The number of aryl methyl sites for hydroxylation is 2. The summed E-state index contributed by atoms with van der Waals surface area (Å²) >= 11 is 10.5. The van der Waals surface area contributed by atoms with Gasteiger partial charge >= 0.3 is 11.4 Å². The Morgan fingerprint density at radius 3 is 1.85 bits per heavy atom. The van der Waals surface area contributed by atoms with Gasteiger partial charge < -0.3 is 0 Å². The van der Waals surface area contributed by atoms with Gasteiger partial charge in [0, 0.05) is 13.1 Å². The number of nitrogens with zero attached hydrogens (tertiary/aromatic N) is 6. The summed E-state index contributed by atoms with van der Waals surface area (Å²) in [5.41, 5.74) is 1.37. The van der Waals surface area contributed by atoms with Crippen molar-refractivity contribution in [1.29, 1.82) is 0 Å². The second-order valence-corrected chi connectivity index (χ2v) is 6.75. The van der Waals surface area contributed by atoms with Gasteiger partial charge in [0.1, 0.15) is 33.0 Å². The molecule has 0 amide bonds. The highest BCUT2D eigenvalue weighted by molar-refractivity contribution is 7.71. The molecule has 0 saturated heterocycles. The van der Waals surface area contributed by atoms with Gasteiger partial charge in [-0.3, -0.25) is 19.1 Å². The molecule has 0 unspecified atom stereocenters. The van der Waals surface area contributed by atoms with Gasteiger partial charge in [-0.1, -0.05) is 31.4 Å². The second kappa shape index (κ2) is 6.39. The summed E-state index contributed by atoms with van der Waals surface area (Å²) in [6.45, 7) is 4.73. The van der Waals surface area contributed by atoms with E-state index < -0.39 is 0 Å². The number of aromatic nitrogens is 8. The fraction of sp³-hybridized carbons (Fsp3) is 0.333. The average molecular weight is 404 g/mol. The molecule has 27 heavy (non-hydrogen) atoms. The first kappa shape index (κ1) is 17.5. The first-order chi connectivity index (χ1) is 13.0. The zero-order valence-electron chi connectivity index (χ0n) is 14.6. The van der Waals surface area contributed by atoms with Gasteiger partial charge in [-0.05, 0) is 13.3 Å². The Kier molecular flexibility index (Phi) is 4.15. The number of hydrogen-bond acceptors (Lipinski definition) is 6. The largest absolute Gasteiger partial charge is 0.328 e. The molecular weight excluding hydrogens is 388 g/mol. The molecule has 2 N–H and O–H groups in total. The lowest BCUT2D eigenvalue weighted by Gasteiger charge is -2.13. The van der Waals surface area contributed by atoms with Gasteiger partial charge in [-0.15, -0.1) is 0 Å². The fourth-order valence-electron chi connectivity index (χ4n) is 3.17. The van der Waals surface area contributed by atoms with Crippen LogP contribution < -0.4 is 11.4 Å². The monoisotopic (exact) mass is 404 g/mol. The lowest BCUT2D eigenvalue weighted by molar-refractivity contribution is 0.599. The van der Waals surface area contributed by atoms with Crippen molar-refractivity contribution in [2.75, 3.05) is 0 Å². The van der Waals surface area contributed by atoms with Crippen molar-refractivity contribution in [2.24, 2.45) is 0 Å². The van der Waals surface area contributed by atoms with Crippen LogP contribution in [0, 0.1) is 9.28 Å². The average Bonchev–Trinajstić information content (AvgIpc) is 3.23. The molecule has 0 spiro atoms. The Morgan fingerprint density at radius 1 is 0.889 bits per heavy atom. The van der Waals surface area contributed by atoms with Crippen LogP contribution in [-0.2, 0) is 13.1 Å². The van der Waals surface area contributed by atoms with Crippen molar-refractivity contribution < 1.29 is 0 Å². The highest BCUT2D eigenvalue weighted by Crippen LogP contribution is 2.17. The molecule has 12 heteroatoms. The minimum atomic E-state index is -0.329. The molecule has 0 aromatic carbocycles. The summed E-state index contributed by atoms with van der Waals surface area (Å²) in [6.07, 6.45) is 3.84. The van der Waals surface area contributed by atoms with E-state index in [1.165, 1.54) is 4.57 Å². The molecule has 0 atom stereocenters. The second-order valence-electron chi connectivity index (χ2n) is 5.94. The predicted molar refractivity (Wildman–Crippen MR) is 105 cm³/mol. The number of nitrogens with one attached hydrogen (secondary N) is 2. The number of H-pyrrole nitrogens is 2. The number of imidazole rings is 2. The van der Waals surface area contributed by atoms with E-state index in [1.54, 1.807) is 26.6 Å². The molecule has 0 fully saturated rings. The smallest absolute Gasteiger partial charge is 0.296 e. The van der Waals surface area contributed by atoms with Crippen LogP contribution in [0.1, 0.15) is 20.3 Å². The summed E-state index contributed by atoms with van der Waals surface area (Å²) in [5, 5.41) is 0. The van der Waals surface area contributed by atoms with E-state index in [0.29, 0.717) is 35.4 Å². The van der Waals surface area contributed by atoms with Crippen molar-refractivity contribution >= 4 is 46.8 Å². The Balaban J connectivity index is 2.19. The van der Waals surface area contributed by atoms with E-state index in [1.807, 2.05) is 13.8 Å². The molecule has 4 aromatic heterocycles. The van der Waals surface area contributed by atoms with Crippen LogP contribution in [0.5, 0.6) is 0 Å². The maximum Gasteiger partial charge on any atom is 0.328 e. The summed E-state index contributed by atoms with van der Waals surface area (Å²) in [7, 11) is 0. The van der Waals surface area contributed by atoms with Gasteiger partial charge in [0.25, 0.3) is 0 Å². The first-order valence-electron chi connectivity index (χ1n) is 8.38. The zero-order valence-corrected chi connectivity index (χ0v) is 16.2. The summed E-state index contributed by atoms with van der Waals surface area (Å²) in [4.78, 5) is 38.8. The molecule has 140 valence electrons. The van der Waals surface area contributed by atoms with E-state index in [2.05, 4.69) is 19.9 Å². The number of hydrogen-bond donors (Lipinski definition) is 2. The van der Waals surface area contributed by atoms with Crippen molar-refractivity contribution in [3.63, 3.8) is 0 Å². The quantitative estimate of drug-likeness (QED) is 0.500. The lowest BCUT2D eigenvalue weighted by Crippen LogP contribution is -2.28. The summed E-state index contributed by atoms with van der Waals surface area (Å²) < 4.78 is 6.92. The Bertz CT molecular complexity index is 1410. The summed E-state index contributed by atoms with van der Waals surface area (Å²) in [6, 6.07) is 0. The van der Waals surface area contributed by atoms with Gasteiger partial charge in [-0.2, -0.15) is 0 Å². The third-order valence-electron chi connectivity index (χ3n) is 4.32. The number of aromatic amines is 2. The molecule has 4 heterocycles. The molecule has 0 aliphatic carbocycles. The molecule has 0 radical (unpaired) electrons. The minimum Gasteiger partial charge on any atom is -0.296 e. The molecule has 0 aliphatic heterocycles. The van der Waals surface area contributed by atoms with Crippen LogP contribution in [-0.4, -0.2) is 38.4 Å². The third kappa shape index (κ3) is 2.51. The van der Waals surface area contributed by atoms with Crippen LogP contribution in [0.15, 0.2) is 22.2 Å². The van der Waals surface area contributed by atoms with Crippen LogP contribution in [0.4, 0.5) is 0 Å². The molecule has 0 bridgehead atoms. The fourth-order valence-corrected chi connectivity index (χ4v) is 3.63. The zero-order chi connectivity index (χ0) is 19.3. The molecule has 0 aliphatic rings. The van der Waals surface area contributed by atoms with Gasteiger partial charge in [0.2, 0.25) is 0 Å². The SMILES string of the molecule is CCCn1c(=O)[nH]c(=S)c2ncn(-n3cnc4c(=S)[nH]c(=O)n(CC)c43)c21. The Hall–Kier alpha value is -2.86. The van der Waals surface area contributed by atoms with E-state index >= 15 is 0 Å². The van der Waals surface area contributed by atoms with Crippen LogP contribution in [0.3, 0.4) is 0 Å². The maximum absolute atomic E-state index is 12.5. The van der Waals surface area contributed by atoms with Crippen LogP contribution in [0.2, 0.25) is 0 Å². The molecule has 10 nitrogen and oxygen atoms in total. The topological polar surface area (TPSA) is 111 Å². The standard InChI is InChI=1S/C15H16N8O2S2/c1-3-5-21-13-9(11(27)19-15(21)25)17-7-23(13)22-6-16-8-10(26)18-14(24)20(4-2)12(8)22/h6-7H,3-5H2,1-2H3,(H,18,24,26)(H,19,25,27). The minimum absolute atomic E-state index is 0.256. The lowest BCUT2D eigenvalue weighted by atomic mass is 10.4. The Labute approximate surface area is 161 Å². The maximum atomic E-state index is 12.5.